The van der Waals surface area contributed by atoms with Gasteiger partial charge in [0.1, 0.15) is 0 Å². The first-order valence-electron chi connectivity index (χ1n) is 6.64. The van der Waals surface area contributed by atoms with E-state index in [1.807, 2.05) is 6.07 Å². The first-order chi connectivity index (χ1) is 8.78. The number of hydrogen-bond acceptors (Lipinski definition) is 3. The fourth-order valence-corrected chi connectivity index (χ4v) is 3.14. The minimum Gasteiger partial charge on any atom is -0.384 e. The summed E-state index contributed by atoms with van der Waals surface area (Å²) in [5.74, 6) is 0. The molecule has 1 aliphatic rings. The molecule has 5 heteroatoms. The first kappa shape index (κ1) is 14.3. The third-order valence-electron chi connectivity index (χ3n) is 3.27. The Morgan fingerprint density at radius 3 is 2.74 bits per heavy atom. The average Bonchev–Trinajstić information content (AvgIpc) is 2.73. The molecule has 0 amide bonds. The second-order valence-corrected chi connectivity index (χ2v) is 7.97. The van der Waals surface area contributed by atoms with E-state index in [2.05, 4.69) is 30.8 Å². The van der Waals surface area contributed by atoms with Crippen LogP contribution in [0.25, 0.3) is 0 Å². The van der Waals surface area contributed by atoms with E-state index in [-0.39, 0.29) is 5.41 Å². The Hall–Kier alpha value is -1.07. The Kier molecular flexibility index (Phi) is 3.87. The molecular formula is C14H22N2O2S. The predicted octanol–water partition coefficient (Wildman–Crippen LogP) is 2.37. The second-order valence-electron chi connectivity index (χ2n) is 6.20. The van der Waals surface area contributed by atoms with Crippen molar-refractivity contribution in [3.05, 3.63) is 23.8 Å². The number of rotatable bonds is 4. The average molecular weight is 282 g/mol. The summed E-state index contributed by atoms with van der Waals surface area (Å²) >= 11 is 0. The number of fused-ring (bicyclic) bond motifs is 1. The van der Waals surface area contributed by atoms with Gasteiger partial charge >= 0.3 is 0 Å². The Balaban J connectivity index is 2.07. The lowest BCUT2D eigenvalue weighted by Gasteiger charge is -2.18. The van der Waals surface area contributed by atoms with Crippen molar-refractivity contribution in [1.29, 1.82) is 0 Å². The first-order valence-corrected chi connectivity index (χ1v) is 8.13. The van der Waals surface area contributed by atoms with Gasteiger partial charge in [0.15, 0.2) is 0 Å². The molecule has 0 radical (unpaired) electrons. The van der Waals surface area contributed by atoms with Gasteiger partial charge in [-0.2, -0.15) is 0 Å². The summed E-state index contributed by atoms with van der Waals surface area (Å²) in [6, 6.07) is 5.31. The van der Waals surface area contributed by atoms with Crippen LogP contribution in [-0.4, -0.2) is 21.5 Å². The Labute approximate surface area is 115 Å². The molecule has 1 heterocycles. The van der Waals surface area contributed by atoms with E-state index >= 15 is 0 Å². The van der Waals surface area contributed by atoms with Gasteiger partial charge in [-0.25, -0.2) is 13.1 Å². The smallest absolute Gasteiger partial charge is 0.240 e. The third-order valence-corrected chi connectivity index (χ3v) is 4.73. The van der Waals surface area contributed by atoms with E-state index in [0.29, 0.717) is 11.4 Å². The van der Waals surface area contributed by atoms with Crippen LogP contribution in [0.3, 0.4) is 0 Å². The van der Waals surface area contributed by atoms with Gasteiger partial charge < -0.3 is 5.32 Å². The summed E-state index contributed by atoms with van der Waals surface area (Å²) < 4.78 is 27.0. The van der Waals surface area contributed by atoms with Crippen LogP contribution < -0.4 is 10.0 Å². The van der Waals surface area contributed by atoms with Crippen molar-refractivity contribution in [2.45, 2.75) is 38.5 Å². The minimum absolute atomic E-state index is 0.127. The number of nitrogens with one attached hydrogen (secondary N) is 2. The molecule has 4 nitrogen and oxygen atoms in total. The zero-order chi connectivity index (χ0) is 14.1. The van der Waals surface area contributed by atoms with Gasteiger partial charge in [-0.05, 0) is 36.0 Å². The molecular weight excluding hydrogens is 260 g/mol. The predicted molar refractivity (Wildman–Crippen MR) is 77.9 cm³/mol. The normalized spacial score (nSPS) is 15.1. The highest BCUT2D eigenvalue weighted by atomic mass is 32.2. The Morgan fingerprint density at radius 2 is 2.05 bits per heavy atom. The Morgan fingerprint density at radius 1 is 1.32 bits per heavy atom. The van der Waals surface area contributed by atoms with Crippen molar-refractivity contribution in [2.75, 3.05) is 18.4 Å². The van der Waals surface area contributed by atoms with Gasteiger partial charge in [-0.1, -0.05) is 26.8 Å². The van der Waals surface area contributed by atoms with Crippen LogP contribution in [0.4, 0.5) is 5.69 Å². The highest BCUT2D eigenvalue weighted by molar-refractivity contribution is 7.89. The molecule has 0 aromatic heterocycles. The fraction of sp³-hybridized carbons (Fsp3) is 0.571. The van der Waals surface area contributed by atoms with Crippen molar-refractivity contribution in [2.24, 2.45) is 5.41 Å². The molecule has 0 spiro atoms. The molecule has 1 aliphatic heterocycles. The number of sulfonamides is 1. The number of benzene rings is 1. The lowest BCUT2D eigenvalue weighted by atomic mass is 9.93. The zero-order valence-electron chi connectivity index (χ0n) is 11.8. The second kappa shape index (κ2) is 5.13. The summed E-state index contributed by atoms with van der Waals surface area (Å²) in [5, 5.41) is 3.20. The lowest BCUT2D eigenvalue weighted by molar-refractivity contribution is 0.378. The largest absolute Gasteiger partial charge is 0.384 e. The standard InChI is InChI=1S/C14H22N2O2S/c1-14(2,3)7-9-16-19(17,18)12-5-4-11-6-8-15-13(11)10-12/h4-5,10,15-16H,6-9H2,1-3H3. The van der Waals surface area contributed by atoms with Crippen molar-refractivity contribution in [3.8, 4) is 0 Å². The maximum atomic E-state index is 12.2. The van der Waals surface area contributed by atoms with Crippen molar-refractivity contribution in [3.63, 3.8) is 0 Å². The molecule has 0 atom stereocenters. The highest BCUT2D eigenvalue weighted by Crippen LogP contribution is 2.25. The van der Waals surface area contributed by atoms with Crippen LogP contribution in [0.1, 0.15) is 32.8 Å². The van der Waals surface area contributed by atoms with Crippen LogP contribution in [0, 0.1) is 5.41 Å². The molecule has 1 aromatic carbocycles. The van der Waals surface area contributed by atoms with E-state index in [0.717, 1.165) is 25.1 Å². The molecule has 0 saturated carbocycles. The SMILES string of the molecule is CC(C)(C)CCNS(=O)(=O)c1ccc2c(c1)NCC2. The molecule has 0 fully saturated rings. The van der Waals surface area contributed by atoms with Gasteiger partial charge in [-0.15, -0.1) is 0 Å². The quantitative estimate of drug-likeness (QED) is 0.891. The van der Waals surface area contributed by atoms with Crippen LogP contribution in [0.5, 0.6) is 0 Å². The van der Waals surface area contributed by atoms with E-state index in [4.69, 9.17) is 0 Å². The van der Waals surface area contributed by atoms with Crippen LogP contribution in [0.2, 0.25) is 0 Å². The molecule has 2 rings (SSSR count). The molecule has 0 bridgehead atoms. The molecule has 0 saturated heterocycles. The van der Waals surface area contributed by atoms with Gasteiger partial charge in [0.05, 0.1) is 4.90 Å². The fourth-order valence-electron chi connectivity index (χ4n) is 2.08. The number of anilines is 1. The topological polar surface area (TPSA) is 58.2 Å². The van der Waals surface area contributed by atoms with E-state index in [1.165, 1.54) is 5.56 Å². The van der Waals surface area contributed by atoms with Gasteiger partial charge in [0, 0.05) is 18.8 Å². The molecule has 0 aliphatic carbocycles. The van der Waals surface area contributed by atoms with Crippen LogP contribution in [0.15, 0.2) is 23.1 Å². The monoisotopic (exact) mass is 282 g/mol. The maximum Gasteiger partial charge on any atom is 0.240 e. The molecule has 19 heavy (non-hydrogen) atoms. The zero-order valence-corrected chi connectivity index (χ0v) is 12.6. The van der Waals surface area contributed by atoms with Gasteiger partial charge in [0.25, 0.3) is 0 Å². The van der Waals surface area contributed by atoms with E-state index in [9.17, 15) is 8.42 Å². The maximum absolute atomic E-state index is 12.2. The van der Waals surface area contributed by atoms with Crippen LogP contribution in [-0.2, 0) is 16.4 Å². The van der Waals surface area contributed by atoms with Crippen molar-refractivity contribution < 1.29 is 8.42 Å². The summed E-state index contributed by atoms with van der Waals surface area (Å²) in [7, 11) is -3.39. The van der Waals surface area contributed by atoms with Gasteiger partial charge in [-0.3, -0.25) is 0 Å². The summed E-state index contributed by atoms with van der Waals surface area (Å²) in [6.45, 7) is 7.65. The minimum atomic E-state index is -3.39. The lowest BCUT2D eigenvalue weighted by Crippen LogP contribution is -2.27. The molecule has 2 N–H and O–H groups in total. The van der Waals surface area contributed by atoms with E-state index < -0.39 is 10.0 Å². The summed E-state index contributed by atoms with van der Waals surface area (Å²) in [5.41, 5.74) is 2.26. The Bertz CT molecular complexity index is 559. The highest BCUT2D eigenvalue weighted by Gasteiger charge is 2.19. The van der Waals surface area contributed by atoms with E-state index in [1.54, 1.807) is 12.1 Å². The summed E-state index contributed by atoms with van der Waals surface area (Å²) in [6.07, 6.45) is 1.78. The van der Waals surface area contributed by atoms with Crippen molar-refractivity contribution >= 4 is 15.7 Å². The number of hydrogen-bond donors (Lipinski definition) is 2. The van der Waals surface area contributed by atoms with Crippen LogP contribution >= 0.6 is 0 Å². The third kappa shape index (κ3) is 3.70. The molecule has 106 valence electrons. The van der Waals surface area contributed by atoms with Crippen molar-refractivity contribution in [1.82, 2.24) is 4.72 Å². The molecule has 0 unspecified atom stereocenters. The summed E-state index contributed by atoms with van der Waals surface area (Å²) in [4.78, 5) is 0.342. The van der Waals surface area contributed by atoms with Gasteiger partial charge in [0.2, 0.25) is 10.0 Å². The molecule has 1 aromatic rings.